The molecule has 6 nitrogen and oxygen atoms in total. The van der Waals surface area contributed by atoms with E-state index in [0.717, 1.165) is 17.2 Å². The van der Waals surface area contributed by atoms with Gasteiger partial charge in [-0.3, -0.25) is 4.79 Å². The molecule has 0 saturated heterocycles. The molecule has 2 aromatic rings. The largest absolute Gasteiger partial charge is 0.508 e. The highest BCUT2D eigenvalue weighted by Crippen LogP contribution is 2.29. The molecule has 2 rings (SSSR count). The molecule has 1 N–H and O–H groups in total. The Hall–Kier alpha value is -3.67. The van der Waals surface area contributed by atoms with E-state index in [4.69, 9.17) is 18.9 Å². The van der Waals surface area contributed by atoms with Crippen molar-refractivity contribution in [3.8, 4) is 23.0 Å². The Balaban J connectivity index is 2.06. The van der Waals surface area contributed by atoms with Gasteiger partial charge in [0.25, 0.3) is 0 Å². The second-order valence-electron chi connectivity index (χ2n) is 5.87. The molecular formula is C23H24O6. The molecule has 0 aliphatic carbocycles. The summed E-state index contributed by atoms with van der Waals surface area (Å²) in [5.74, 6) is 1.84. The van der Waals surface area contributed by atoms with Crippen LogP contribution in [0.5, 0.6) is 23.0 Å². The van der Waals surface area contributed by atoms with Crippen molar-refractivity contribution in [1.29, 1.82) is 0 Å². The highest BCUT2D eigenvalue weighted by atomic mass is 16.5. The van der Waals surface area contributed by atoms with Gasteiger partial charge in [-0.1, -0.05) is 24.3 Å². The van der Waals surface area contributed by atoms with E-state index >= 15 is 0 Å². The van der Waals surface area contributed by atoms with Gasteiger partial charge in [-0.2, -0.15) is 0 Å². The van der Waals surface area contributed by atoms with Crippen molar-refractivity contribution >= 4 is 17.9 Å². The van der Waals surface area contributed by atoms with Crippen molar-refractivity contribution in [2.45, 2.75) is 0 Å². The zero-order valence-electron chi connectivity index (χ0n) is 16.8. The van der Waals surface area contributed by atoms with Crippen LogP contribution in [0.3, 0.4) is 0 Å². The number of benzene rings is 2. The van der Waals surface area contributed by atoms with Crippen molar-refractivity contribution in [3.63, 3.8) is 0 Å². The number of carbonyl (C=O) groups is 1. The molecule has 0 spiro atoms. The van der Waals surface area contributed by atoms with Gasteiger partial charge in [0.1, 0.15) is 5.76 Å². The number of hydrogen-bond acceptors (Lipinski definition) is 6. The highest BCUT2D eigenvalue weighted by molar-refractivity contribution is 6.02. The molecule has 2 aromatic carbocycles. The molecule has 0 aromatic heterocycles. The zero-order valence-corrected chi connectivity index (χ0v) is 16.8. The van der Waals surface area contributed by atoms with E-state index in [1.165, 1.54) is 12.2 Å². The maximum atomic E-state index is 12.1. The van der Waals surface area contributed by atoms with E-state index in [9.17, 15) is 9.90 Å². The lowest BCUT2D eigenvalue weighted by atomic mass is 10.1. The summed E-state index contributed by atoms with van der Waals surface area (Å²) in [4.78, 5) is 12.1. The van der Waals surface area contributed by atoms with Gasteiger partial charge in [0.05, 0.1) is 28.4 Å². The van der Waals surface area contributed by atoms with Crippen molar-refractivity contribution in [2.75, 3.05) is 28.4 Å². The van der Waals surface area contributed by atoms with Crippen LogP contribution >= 0.6 is 0 Å². The van der Waals surface area contributed by atoms with E-state index in [-0.39, 0.29) is 11.5 Å². The van der Waals surface area contributed by atoms with Crippen molar-refractivity contribution < 1.29 is 28.8 Å². The second kappa shape index (κ2) is 10.6. The number of rotatable bonds is 9. The summed E-state index contributed by atoms with van der Waals surface area (Å²) in [5.41, 5.74) is 1.56. The Kier molecular flexibility index (Phi) is 7.91. The number of hydrogen-bond donors (Lipinski definition) is 1. The molecule has 0 radical (unpaired) electrons. The van der Waals surface area contributed by atoms with Gasteiger partial charge in [0.15, 0.2) is 28.8 Å². The lowest BCUT2D eigenvalue weighted by Gasteiger charge is -2.07. The van der Waals surface area contributed by atoms with E-state index in [1.807, 2.05) is 6.07 Å². The summed E-state index contributed by atoms with van der Waals surface area (Å²) < 4.78 is 20.8. The average Bonchev–Trinajstić information content (AvgIpc) is 2.75. The fourth-order valence-electron chi connectivity index (χ4n) is 2.51. The normalized spacial score (nSPS) is 11.7. The smallest absolute Gasteiger partial charge is 0.182 e. The Labute approximate surface area is 170 Å². The summed E-state index contributed by atoms with van der Waals surface area (Å²) in [5, 5.41) is 9.98. The molecule has 0 unspecified atom stereocenters. The van der Waals surface area contributed by atoms with Gasteiger partial charge >= 0.3 is 0 Å². The molecule has 0 atom stereocenters. The van der Waals surface area contributed by atoms with Crippen LogP contribution in [0, 0.1) is 0 Å². The van der Waals surface area contributed by atoms with Gasteiger partial charge in [-0.15, -0.1) is 0 Å². The van der Waals surface area contributed by atoms with Gasteiger partial charge in [0.2, 0.25) is 0 Å². The minimum Gasteiger partial charge on any atom is -0.508 e. The molecule has 0 saturated carbocycles. The lowest BCUT2D eigenvalue weighted by Crippen LogP contribution is -1.91. The average molecular weight is 396 g/mol. The molecule has 0 aliphatic rings. The van der Waals surface area contributed by atoms with Crippen LogP contribution in [0.4, 0.5) is 0 Å². The first-order valence-electron chi connectivity index (χ1n) is 8.75. The van der Waals surface area contributed by atoms with Crippen LogP contribution < -0.4 is 18.9 Å². The maximum Gasteiger partial charge on any atom is 0.182 e. The number of carbonyl (C=O) groups excluding carboxylic acids is 1. The first-order valence-corrected chi connectivity index (χ1v) is 8.75. The van der Waals surface area contributed by atoms with E-state index in [2.05, 4.69) is 0 Å². The molecule has 6 heteroatoms. The fraction of sp³-hybridized carbons (Fsp3) is 0.174. The molecule has 0 heterocycles. The van der Waals surface area contributed by atoms with Crippen molar-refractivity contribution in [2.24, 2.45) is 0 Å². The standard InChI is InChI=1S/C23H24O6/c1-26-20-11-7-16(13-22(20)28-3)5-9-18(24)15-19(25)10-6-17-8-12-21(27-2)23(14-17)29-4/h5-15,24H,1-4H3/b9-5-,10-6-,18-15-. The number of aliphatic hydroxyl groups excluding tert-OH is 1. The monoisotopic (exact) mass is 396 g/mol. The van der Waals surface area contributed by atoms with Crippen molar-refractivity contribution in [1.82, 2.24) is 0 Å². The topological polar surface area (TPSA) is 74.2 Å². The highest BCUT2D eigenvalue weighted by Gasteiger charge is 2.04. The Morgan fingerprint density at radius 1 is 0.724 bits per heavy atom. The van der Waals surface area contributed by atoms with Gasteiger partial charge in [0, 0.05) is 6.08 Å². The predicted molar refractivity (Wildman–Crippen MR) is 113 cm³/mol. The zero-order chi connectivity index (χ0) is 21.2. The van der Waals surface area contributed by atoms with Crippen molar-refractivity contribution in [3.05, 3.63) is 71.5 Å². The van der Waals surface area contributed by atoms with Gasteiger partial charge < -0.3 is 24.1 Å². The van der Waals surface area contributed by atoms with E-state index < -0.39 is 0 Å². The number of methoxy groups -OCH3 is 4. The van der Waals surface area contributed by atoms with Gasteiger partial charge in [-0.05, 0) is 47.5 Å². The maximum absolute atomic E-state index is 12.1. The minimum absolute atomic E-state index is 0.165. The first-order chi connectivity index (χ1) is 14.0. The lowest BCUT2D eigenvalue weighted by molar-refractivity contribution is -0.110. The number of aliphatic hydroxyl groups is 1. The van der Waals surface area contributed by atoms with E-state index in [0.29, 0.717) is 23.0 Å². The molecule has 29 heavy (non-hydrogen) atoms. The molecule has 0 fully saturated rings. The third-order valence-electron chi connectivity index (χ3n) is 3.99. The number of ketones is 1. The summed E-state index contributed by atoms with van der Waals surface area (Å²) in [6, 6.07) is 10.6. The first kappa shape index (κ1) is 21.6. The third kappa shape index (κ3) is 6.17. The van der Waals surface area contributed by atoms with E-state index in [1.54, 1.807) is 70.9 Å². The summed E-state index contributed by atoms with van der Waals surface area (Å²) in [7, 11) is 6.21. The van der Waals surface area contributed by atoms with Crippen LogP contribution in [-0.4, -0.2) is 39.3 Å². The van der Waals surface area contributed by atoms with Crippen LogP contribution in [0.2, 0.25) is 0 Å². The predicted octanol–water partition coefficient (Wildman–Crippen LogP) is 4.46. The van der Waals surface area contributed by atoms with Crippen LogP contribution in [0.25, 0.3) is 12.2 Å². The second-order valence-corrected chi connectivity index (χ2v) is 5.87. The summed E-state index contributed by atoms with van der Waals surface area (Å²) in [6.45, 7) is 0. The Morgan fingerprint density at radius 2 is 1.17 bits per heavy atom. The van der Waals surface area contributed by atoms with Crippen LogP contribution in [0.15, 0.2) is 60.4 Å². The van der Waals surface area contributed by atoms with Crippen LogP contribution in [-0.2, 0) is 4.79 Å². The Morgan fingerprint density at radius 3 is 1.62 bits per heavy atom. The minimum atomic E-state index is -0.353. The van der Waals surface area contributed by atoms with Crippen LogP contribution in [0.1, 0.15) is 11.1 Å². The summed E-state index contributed by atoms with van der Waals surface area (Å²) in [6.07, 6.45) is 7.23. The molecule has 0 bridgehead atoms. The third-order valence-corrected chi connectivity index (χ3v) is 3.99. The SMILES string of the molecule is COc1ccc(/C=C\C(=O)/C=C(O)/C=C\c2ccc(OC)c(OC)c2)cc1OC. The number of allylic oxidation sites excluding steroid dienone is 3. The number of ether oxygens (including phenoxy) is 4. The molecule has 152 valence electrons. The summed E-state index contributed by atoms with van der Waals surface area (Å²) >= 11 is 0. The molecular weight excluding hydrogens is 372 g/mol. The quantitative estimate of drug-likeness (QED) is 0.383. The van der Waals surface area contributed by atoms with Gasteiger partial charge in [-0.25, -0.2) is 0 Å². The molecule has 0 amide bonds. The molecule has 0 aliphatic heterocycles. The fourth-order valence-corrected chi connectivity index (χ4v) is 2.51. The Bertz CT molecular complexity index is 940.